The van der Waals surface area contributed by atoms with E-state index in [0.717, 1.165) is 29.7 Å². The molecule has 4 nitrogen and oxygen atoms in total. The van der Waals surface area contributed by atoms with Crippen molar-refractivity contribution >= 4 is 38.5 Å². The Morgan fingerprint density at radius 2 is 1.81 bits per heavy atom. The molecule has 0 unspecified atom stereocenters. The number of thiophene rings is 2. The second-order valence-electron chi connectivity index (χ2n) is 6.53. The zero-order valence-electron chi connectivity index (χ0n) is 14.6. The highest BCUT2D eigenvalue weighted by Gasteiger charge is 2.18. The SMILES string of the molecule is O=C(c1cccs1)c1ccc(CNS(=O)(=O)c2ccc3c(c2)CCCC3)s1. The first-order valence-corrected chi connectivity index (χ1v) is 12.0. The van der Waals surface area contributed by atoms with Crippen molar-refractivity contribution in [2.24, 2.45) is 0 Å². The van der Waals surface area contributed by atoms with Gasteiger partial charge in [-0.2, -0.15) is 0 Å². The van der Waals surface area contributed by atoms with Crippen LogP contribution in [0.2, 0.25) is 0 Å². The van der Waals surface area contributed by atoms with Crippen molar-refractivity contribution in [2.75, 3.05) is 0 Å². The van der Waals surface area contributed by atoms with Crippen LogP contribution in [0.25, 0.3) is 0 Å². The van der Waals surface area contributed by atoms with Crippen LogP contribution in [0.3, 0.4) is 0 Å². The summed E-state index contributed by atoms with van der Waals surface area (Å²) in [5.41, 5.74) is 2.40. The molecule has 1 N–H and O–H groups in total. The Kier molecular flexibility index (Phi) is 5.27. The molecular weight excluding hydrogens is 398 g/mol. The molecule has 4 rings (SSSR count). The van der Waals surface area contributed by atoms with E-state index in [9.17, 15) is 13.2 Å². The van der Waals surface area contributed by atoms with E-state index in [-0.39, 0.29) is 12.3 Å². The quantitative estimate of drug-likeness (QED) is 0.605. The molecule has 7 heteroatoms. The molecule has 1 aliphatic carbocycles. The van der Waals surface area contributed by atoms with Crippen LogP contribution in [0, 0.1) is 0 Å². The minimum Gasteiger partial charge on any atom is -0.287 e. The van der Waals surface area contributed by atoms with Gasteiger partial charge in [0.1, 0.15) is 0 Å². The number of sulfonamides is 1. The number of fused-ring (bicyclic) bond motifs is 1. The predicted octanol–water partition coefficient (Wildman–Crippen LogP) is 4.40. The summed E-state index contributed by atoms with van der Waals surface area (Å²) in [6.45, 7) is 0.182. The highest BCUT2D eigenvalue weighted by Crippen LogP contribution is 2.25. The van der Waals surface area contributed by atoms with E-state index in [1.165, 1.54) is 34.7 Å². The topological polar surface area (TPSA) is 63.2 Å². The molecular formula is C20H19NO3S3. The van der Waals surface area contributed by atoms with Gasteiger partial charge >= 0.3 is 0 Å². The van der Waals surface area contributed by atoms with E-state index in [1.807, 2.05) is 17.5 Å². The van der Waals surface area contributed by atoms with E-state index >= 15 is 0 Å². The van der Waals surface area contributed by atoms with Crippen molar-refractivity contribution in [3.63, 3.8) is 0 Å². The number of carbonyl (C=O) groups is 1. The van der Waals surface area contributed by atoms with Crippen LogP contribution >= 0.6 is 22.7 Å². The Balaban J connectivity index is 1.46. The number of hydrogen-bond acceptors (Lipinski definition) is 5. The summed E-state index contributed by atoms with van der Waals surface area (Å²) in [4.78, 5) is 14.8. The van der Waals surface area contributed by atoms with Gasteiger partial charge < -0.3 is 0 Å². The third kappa shape index (κ3) is 4.06. The van der Waals surface area contributed by atoms with Crippen molar-refractivity contribution in [3.05, 3.63) is 73.6 Å². The van der Waals surface area contributed by atoms with Gasteiger partial charge in [-0.1, -0.05) is 12.1 Å². The molecule has 2 heterocycles. The van der Waals surface area contributed by atoms with E-state index in [0.29, 0.717) is 14.6 Å². The molecule has 0 atom stereocenters. The molecule has 0 aliphatic heterocycles. The fraction of sp³-hybridized carbons (Fsp3) is 0.250. The number of ketones is 1. The average molecular weight is 418 g/mol. The van der Waals surface area contributed by atoms with Crippen LogP contribution in [0.15, 0.2) is 52.7 Å². The molecule has 1 aliphatic rings. The Bertz CT molecular complexity index is 1070. The minimum atomic E-state index is -3.57. The molecule has 140 valence electrons. The molecule has 1 aromatic carbocycles. The molecule has 0 spiro atoms. The normalized spacial score (nSPS) is 14.1. The van der Waals surface area contributed by atoms with E-state index in [2.05, 4.69) is 4.72 Å². The fourth-order valence-corrected chi connectivity index (χ4v) is 6.04. The zero-order chi connectivity index (χ0) is 18.9. The summed E-state index contributed by atoms with van der Waals surface area (Å²) in [5.74, 6) is -0.0150. The van der Waals surface area contributed by atoms with Crippen LogP contribution < -0.4 is 4.72 Å². The van der Waals surface area contributed by atoms with E-state index in [4.69, 9.17) is 0 Å². The molecule has 0 saturated carbocycles. The number of aryl methyl sites for hydroxylation is 2. The Morgan fingerprint density at radius 3 is 2.59 bits per heavy atom. The third-order valence-corrected chi connectivity index (χ3v) is 8.05. The highest BCUT2D eigenvalue weighted by molar-refractivity contribution is 7.89. The van der Waals surface area contributed by atoms with Gasteiger partial charge in [0.15, 0.2) is 0 Å². The molecule has 3 aromatic rings. The summed E-state index contributed by atoms with van der Waals surface area (Å²) in [6, 6.07) is 12.6. The molecule has 0 bridgehead atoms. The molecule has 2 aromatic heterocycles. The molecule has 0 radical (unpaired) electrons. The second-order valence-corrected chi connectivity index (χ2v) is 10.4. The van der Waals surface area contributed by atoms with Gasteiger partial charge in [0.05, 0.1) is 14.6 Å². The maximum absolute atomic E-state index is 12.6. The first-order chi connectivity index (χ1) is 13.0. The summed E-state index contributed by atoms with van der Waals surface area (Å²) in [6.07, 6.45) is 4.25. The molecule has 0 saturated heterocycles. The zero-order valence-corrected chi connectivity index (χ0v) is 17.1. The van der Waals surface area contributed by atoms with Gasteiger partial charge in [0.25, 0.3) is 0 Å². The second kappa shape index (κ2) is 7.67. The van der Waals surface area contributed by atoms with Gasteiger partial charge in [0, 0.05) is 11.4 Å². The van der Waals surface area contributed by atoms with E-state index in [1.54, 1.807) is 30.3 Å². The number of benzene rings is 1. The van der Waals surface area contributed by atoms with Crippen LogP contribution in [0.1, 0.15) is 43.4 Å². The van der Waals surface area contributed by atoms with Crippen molar-refractivity contribution in [3.8, 4) is 0 Å². The Labute approximate surface area is 166 Å². The van der Waals surface area contributed by atoms with Crippen molar-refractivity contribution < 1.29 is 13.2 Å². The largest absolute Gasteiger partial charge is 0.287 e. The standard InChI is InChI=1S/C20H19NO3S3/c22-20(18-6-3-11-25-18)19-10-8-16(26-19)13-21-27(23,24)17-9-7-14-4-1-2-5-15(14)12-17/h3,6-12,21H,1-2,4-5,13H2. The van der Waals surface area contributed by atoms with Crippen molar-refractivity contribution in [1.29, 1.82) is 0 Å². The van der Waals surface area contributed by atoms with Crippen molar-refractivity contribution in [1.82, 2.24) is 4.72 Å². The molecule has 27 heavy (non-hydrogen) atoms. The summed E-state index contributed by atoms with van der Waals surface area (Å²) in [7, 11) is -3.57. The summed E-state index contributed by atoms with van der Waals surface area (Å²) < 4.78 is 28.0. The highest BCUT2D eigenvalue weighted by atomic mass is 32.2. The van der Waals surface area contributed by atoms with Gasteiger partial charge in [-0.05, 0) is 72.5 Å². The molecule has 0 fully saturated rings. The van der Waals surface area contributed by atoms with Crippen LogP contribution in [0.4, 0.5) is 0 Å². The lowest BCUT2D eigenvalue weighted by Crippen LogP contribution is -2.23. The van der Waals surface area contributed by atoms with Gasteiger partial charge in [-0.3, -0.25) is 4.79 Å². The Hall–Kier alpha value is -1.80. The number of hydrogen-bond donors (Lipinski definition) is 1. The van der Waals surface area contributed by atoms with Crippen molar-refractivity contribution in [2.45, 2.75) is 37.1 Å². The fourth-order valence-electron chi connectivity index (χ4n) is 3.25. The lowest BCUT2D eigenvalue weighted by atomic mass is 9.92. The average Bonchev–Trinajstić information content (AvgIpc) is 3.37. The maximum atomic E-state index is 12.6. The van der Waals surface area contributed by atoms with E-state index < -0.39 is 10.0 Å². The smallest absolute Gasteiger partial charge is 0.240 e. The Morgan fingerprint density at radius 1 is 1.00 bits per heavy atom. The summed E-state index contributed by atoms with van der Waals surface area (Å²) in [5, 5.41) is 1.87. The first-order valence-electron chi connectivity index (χ1n) is 8.81. The van der Waals surface area contributed by atoms with Gasteiger partial charge in [-0.25, -0.2) is 13.1 Å². The number of nitrogens with one attached hydrogen (secondary N) is 1. The third-order valence-electron chi connectivity index (χ3n) is 4.70. The van der Waals surface area contributed by atoms with Crippen LogP contribution in [-0.2, 0) is 29.4 Å². The minimum absolute atomic E-state index is 0.0150. The monoisotopic (exact) mass is 417 g/mol. The number of carbonyl (C=O) groups excluding carboxylic acids is 1. The maximum Gasteiger partial charge on any atom is 0.240 e. The number of rotatable bonds is 6. The lowest BCUT2D eigenvalue weighted by molar-refractivity contribution is 0.104. The van der Waals surface area contributed by atoms with Crippen LogP contribution in [0.5, 0.6) is 0 Å². The lowest BCUT2D eigenvalue weighted by Gasteiger charge is -2.16. The first kappa shape index (κ1) is 18.6. The predicted molar refractivity (Wildman–Crippen MR) is 109 cm³/mol. The van der Waals surface area contributed by atoms with Crippen LogP contribution in [-0.4, -0.2) is 14.2 Å². The van der Waals surface area contributed by atoms with Gasteiger partial charge in [-0.15, -0.1) is 22.7 Å². The van der Waals surface area contributed by atoms with Gasteiger partial charge in [0.2, 0.25) is 15.8 Å². The summed E-state index contributed by atoms with van der Waals surface area (Å²) >= 11 is 2.73. The molecule has 0 amide bonds.